The number of nitrogens with zero attached hydrogens (tertiary/aromatic N) is 4. The van der Waals surface area contributed by atoms with E-state index in [2.05, 4.69) is 34.2 Å². The van der Waals surface area contributed by atoms with E-state index in [1.807, 2.05) is 26.0 Å². The molecule has 2 heterocycles. The Hall–Kier alpha value is -2.54. The van der Waals surface area contributed by atoms with Gasteiger partial charge in [-0.2, -0.15) is 13.2 Å². The van der Waals surface area contributed by atoms with Crippen LogP contribution < -0.4 is 11.2 Å². The van der Waals surface area contributed by atoms with Gasteiger partial charge < -0.3 is 4.55 Å². The maximum Gasteiger partial charge on any atom is 0.485 e. The van der Waals surface area contributed by atoms with E-state index in [1.54, 1.807) is 0 Å². The summed E-state index contributed by atoms with van der Waals surface area (Å²) in [6.45, 7) is 4.02. The quantitative estimate of drug-likeness (QED) is 0.210. The Morgan fingerprint density at radius 1 is 0.793 bits per heavy atom. The first kappa shape index (κ1) is 28.7. The summed E-state index contributed by atoms with van der Waals surface area (Å²) in [6.07, 6.45) is 0. The normalized spacial score (nSPS) is 10.3. The monoisotopic (exact) mass is 473 g/mol. The molecule has 3 aromatic rings. The molecule has 14 heteroatoms. The van der Waals surface area contributed by atoms with E-state index < -0.39 is 15.6 Å². The van der Waals surface area contributed by atoms with Crippen LogP contribution in [0, 0.1) is 23.7 Å². The summed E-state index contributed by atoms with van der Waals surface area (Å²) in [5.74, 6) is 0. The minimum atomic E-state index is -6.09. The summed E-state index contributed by atoms with van der Waals surface area (Å²) in [4.78, 5) is 23.7. The van der Waals surface area contributed by atoms with E-state index in [9.17, 15) is 13.2 Å². The molecular weight excluding hydrogens is 461 g/mol. The number of nitroso groups, excluding NO2 is 2. The zero-order valence-electron chi connectivity index (χ0n) is 14.7. The van der Waals surface area contributed by atoms with Crippen LogP contribution in [-0.4, -0.2) is 28.4 Å². The van der Waals surface area contributed by atoms with Crippen molar-refractivity contribution in [3.8, 4) is 0 Å². The first-order valence-electron chi connectivity index (χ1n) is 7.01. The number of rotatable bonds is 0. The summed E-state index contributed by atoms with van der Waals surface area (Å²) in [6, 6.07) is 12.5. The average molecular weight is 473 g/mol. The molecule has 0 saturated heterocycles. The molecule has 0 amide bonds. The van der Waals surface area contributed by atoms with Crippen LogP contribution in [-0.2, 0) is 27.2 Å². The van der Waals surface area contributed by atoms with Crippen LogP contribution in [0.4, 0.5) is 13.2 Å². The zero-order valence-corrected chi connectivity index (χ0v) is 16.6. The van der Waals surface area contributed by atoms with Crippen molar-refractivity contribution in [1.29, 1.82) is 0 Å². The van der Waals surface area contributed by atoms with Gasteiger partial charge in [-0.3, -0.25) is 9.97 Å². The van der Waals surface area contributed by atoms with Crippen molar-refractivity contribution < 1.29 is 43.2 Å². The smallest absolute Gasteiger partial charge is 0.485 e. The van der Waals surface area contributed by atoms with E-state index in [4.69, 9.17) is 34.0 Å². The summed E-state index contributed by atoms with van der Waals surface area (Å²) in [7, 11) is -6.09. The molecule has 0 aliphatic heterocycles. The van der Waals surface area contributed by atoms with E-state index in [0.717, 1.165) is 33.2 Å². The van der Waals surface area contributed by atoms with Gasteiger partial charge in [0.25, 0.3) is 0 Å². The Balaban J connectivity index is 0. The van der Waals surface area contributed by atoms with E-state index in [0.29, 0.717) is 0 Å². The van der Waals surface area contributed by atoms with Gasteiger partial charge in [-0.15, -0.1) is 9.81 Å². The first-order valence-corrected chi connectivity index (χ1v) is 8.42. The average Bonchev–Trinajstić information content (AvgIpc) is 2.64. The van der Waals surface area contributed by atoms with Crippen LogP contribution in [0.1, 0.15) is 11.4 Å². The van der Waals surface area contributed by atoms with Crippen molar-refractivity contribution in [2.24, 2.45) is 0 Å². The van der Waals surface area contributed by atoms with Crippen LogP contribution in [0.5, 0.6) is 0 Å². The number of pyridine rings is 2. The summed E-state index contributed by atoms with van der Waals surface area (Å²) < 4.78 is 58.9. The van der Waals surface area contributed by atoms with Crippen molar-refractivity contribution in [3.05, 3.63) is 57.6 Å². The second-order valence-electron chi connectivity index (χ2n) is 5.01. The molecule has 0 saturated carbocycles. The Morgan fingerprint density at radius 3 is 1.28 bits per heavy atom. The fourth-order valence-corrected chi connectivity index (χ4v) is 1.96. The third kappa shape index (κ3) is 8.15. The summed E-state index contributed by atoms with van der Waals surface area (Å²) in [5, 5.41) is 2.30. The second-order valence-corrected chi connectivity index (χ2v) is 6.39. The molecule has 2 radical (unpaired) electrons. The fraction of sp³-hybridized carbons (Fsp3) is 0.200. The molecule has 9 nitrogen and oxygen atoms in total. The van der Waals surface area contributed by atoms with E-state index in [1.165, 1.54) is 0 Å². The van der Waals surface area contributed by atoms with Crippen LogP contribution in [0.3, 0.4) is 0 Å². The number of halogens is 3. The topological polar surface area (TPSA) is 162 Å². The van der Waals surface area contributed by atoms with Gasteiger partial charge in [-0.25, -0.2) is 8.42 Å². The minimum Gasteiger partial charge on any atom is -0.741 e. The molecule has 0 fully saturated rings. The summed E-state index contributed by atoms with van der Waals surface area (Å²) >= 11 is 0. The maximum atomic E-state index is 10.7. The van der Waals surface area contributed by atoms with Gasteiger partial charge in [0.05, 0.1) is 11.0 Å². The van der Waals surface area contributed by atoms with Gasteiger partial charge in [-0.1, -0.05) is 24.3 Å². The molecule has 0 atom stereocenters. The second kappa shape index (κ2) is 12.1. The predicted molar refractivity (Wildman–Crippen MR) is 93.3 cm³/mol. The van der Waals surface area contributed by atoms with Crippen molar-refractivity contribution >= 4 is 31.9 Å². The number of fused-ring (bicyclic) bond motifs is 3. The minimum absolute atomic E-state index is 0. The number of aryl methyl sites for hydroxylation is 2. The van der Waals surface area contributed by atoms with Gasteiger partial charge in [0.2, 0.25) is 0 Å². The maximum absolute atomic E-state index is 10.7. The van der Waals surface area contributed by atoms with Crippen LogP contribution in [0.15, 0.2) is 36.4 Å². The van der Waals surface area contributed by atoms with Gasteiger partial charge in [-0.05, 0) is 26.0 Å². The number of aromatic nitrogens is 2. The molecule has 0 unspecified atom stereocenters. The molecular formula is C15H12F3FeN4O5S-. The van der Waals surface area contributed by atoms with Crippen LogP contribution in [0.2, 0.25) is 0 Å². The number of benzene rings is 1. The molecule has 0 aliphatic rings. The van der Waals surface area contributed by atoms with Crippen LogP contribution in [0.25, 0.3) is 21.8 Å². The van der Waals surface area contributed by atoms with Crippen molar-refractivity contribution in [2.45, 2.75) is 19.4 Å². The van der Waals surface area contributed by atoms with E-state index >= 15 is 0 Å². The molecule has 2 aromatic heterocycles. The third-order valence-electron chi connectivity index (χ3n) is 3.08. The van der Waals surface area contributed by atoms with E-state index in [-0.39, 0.29) is 17.1 Å². The molecule has 1 aromatic carbocycles. The number of hydrogen-bond donors (Lipinski definition) is 0. The molecule has 29 heavy (non-hydrogen) atoms. The largest absolute Gasteiger partial charge is 0.741 e. The molecule has 0 aliphatic carbocycles. The Kier molecular flexibility index (Phi) is 12.0. The SMILES string of the molecule is Cc1ccc2ccc3ccc(C)nc3c2n1.O=S(=O)([O-])C(F)(F)F.[Fe].[N]=O.[N]=O. The standard InChI is InChI=1S/C14H12N2.CHF3O3S.Fe.2NO/c1-9-3-5-11-7-8-12-6-4-10(2)16-14(12)13(11)15-9;2-1(3,4)8(5,6)7;;2*1-2/h3-8H,1-2H3;(H,5,6,7);;;/p-1. The van der Waals surface area contributed by atoms with Gasteiger partial charge in [0, 0.05) is 39.2 Å². The molecule has 158 valence electrons. The molecule has 0 spiro atoms. The van der Waals surface area contributed by atoms with Crippen molar-refractivity contribution in [2.75, 3.05) is 0 Å². The Labute approximate surface area is 173 Å². The molecule has 0 N–H and O–H groups in total. The summed E-state index contributed by atoms with van der Waals surface area (Å²) in [5.41, 5.74) is 9.92. The third-order valence-corrected chi connectivity index (χ3v) is 3.65. The molecule has 3 rings (SSSR count). The van der Waals surface area contributed by atoms with Gasteiger partial charge in [0.15, 0.2) is 10.1 Å². The van der Waals surface area contributed by atoms with Gasteiger partial charge in [0.1, 0.15) is 11.2 Å². The van der Waals surface area contributed by atoms with Crippen LogP contribution >= 0.6 is 0 Å². The fourth-order valence-electron chi connectivity index (χ4n) is 1.96. The Bertz CT molecular complexity index is 988. The van der Waals surface area contributed by atoms with Crippen molar-refractivity contribution in [1.82, 2.24) is 21.2 Å². The predicted octanol–water partition coefficient (Wildman–Crippen LogP) is 2.55. The Morgan fingerprint density at radius 2 is 1.03 bits per heavy atom. The van der Waals surface area contributed by atoms with Crippen molar-refractivity contribution in [3.63, 3.8) is 0 Å². The number of hydrogen-bond acceptors (Lipinski definition) is 7. The molecule has 0 bridgehead atoms. The number of alkyl halides is 3. The zero-order chi connectivity index (χ0) is 22.1. The first-order chi connectivity index (χ1) is 13.0. The van der Waals surface area contributed by atoms with Gasteiger partial charge >= 0.3 is 5.51 Å².